The van der Waals surface area contributed by atoms with E-state index in [-0.39, 0.29) is 17.8 Å². The first-order valence-corrected chi connectivity index (χ1v) is 9.64. The Balaban J connectivity index is 1.85. The van der Waals surface area contributed by atoms with Crippen molar-refractivity contribution in [2.75, 3.05) is 13.2 Å². The number of aliphatic hydroxyl groups is 2. The Morgan fingerprint density at radius 1 is 1.13 bits per heavy atom. The number of halogens is 1. The minimum atomic E-state index is -1.01. The van der Waals surface area contributed by atoms with E-state index >= 15 is 0 Å². The molecule has 2 amide bonds. The molecule has 3 N–H and O–H groups in total. The van der Waals surface area contributed by atoms with Gasteiger partial charge in [0.15, 0.2) is 0 Å². The molecule has 0 saturated carbocycles. The van der Waals surface area contributed by atoms with Crippen LogP contribution in [0.5, 0.6) is 5.75 Å². The van der Waals surface area contributed by atoms with Gasteiger partial charge in [-0.15, -0.1) is 0 Å². The van der Waals surface area contributed by atoms with Crippen LogP contribution in [0, 0.1) is 0 Å². The van der Waals surface area contributed by atoms with Crippen molar-refractivity contribution >= 4 is 45.5 Å². The molecule has 1 aromatic heterocycles. The van der Waals surface area contributed by atoms with Crippen LogP contribution in [0.15, 0.2) is 48.7 Å². The summed E-state index contributed by atoms with van der Waals surface area (Å²) in [5.41, 5.74) is 2.49. The van der Waals surface area contributed by atoms with Crippen LogP contribution in [0.25, 0.3) is 22.0 Å². The van der Waals surface area contributed by atoms with E-state index in [9.17, 15) is 14.7 Å². The maximum absolute atomic E-state index is 12.7. The predicted molar refractivity (Wildman–Crippen MR) is 113 cm³/mol. The Hall–Kier alpha value is -3.13. The van der Waals surface area contributed by atoms with Crippen molar-refractivity contribution in [2.45, 2.75) is 6.10 Å². The normalized spacial score (nSPS) is 15.1. The second-order valence-corrected chi connectivity index (χ2v) is 7.46. The predicted octanol–water partition coefficient (Wildman–Crippen LogP) is 2.13. The fraction of sp³-hybridized carbons (Fsp3) is 0.182. The van der Waals surface area contributed by atoms with Gasteiger partial charge in [-0.2, -0.15) is 0 Å². The van der Waals surface area contributed by atoms with Crippen LogP contribution in [0.4, 0.5) is 0 Å². The summed E-state index contributed by atoms with van der Waals surface area (Å²) < 4.78 is 7.35. The first-order valence-electron chi connectivity index (χ1n) is 9.26. The molecule has 30 heavy (non-hydrogen) atoms. The number of hydrogen-bond acceptors (Lipinski definition) is 5. The van der Waals surface area contributed by atoms with Gasteiger partial charge in [0.25, 0.3) is 11.8 Å². The second kappa shape index (κ2) is 7.95. The number of carbonyl (C=O) groups excluding carboxylic acids is 2. The summed E-state index contributed by atoms with van der Waals surface area (Å²) >= 11 is 6.17. The molecule has 154 valence electrons. The fourth-order valence-corrected chi connectivity index (χ4v) is 3.71. The van der Waals surface area contributed by atoms with E-state index in [0.29, 0.717) is 21.9 Å². The molecule has 0 spiro atoms. The highest BCUT2D eigenvalue weighted by Crippen LogP contribution is 2.37. The minimum Gasteiger partial charge on any atom is -0.491 e. The number of aromatic nitrogens is 1. The van der Waals surface area contributed by atoms with Crippen molar-refractivity contribution in [3.63, 3.8) is 0 Å². The molecule has 2 aromatic carbocycles. The molecule has 0 saturated heterocycles. The molecule has 0 unspecified atom stereocenters. The third-order valence-corrected chi connectivity index (χ3v) is 5.16. The van der Waals surface area contributed by atoms with E-state index in [0.717, 1.165) is 10.9 Å². The number of aliphatic hydroxyl groups excluding tert-OH is 2. The highest BCUT2D eigenvalue weighted by atomic mass is 35.5. The van der Waals surface area contributed by atoms with E-state index < -0.39 is 24.5 Å². The Morgan fingerprint density at radius 3 is 2.67 bits per heavy atom. The number of aryl methyl sites for hydroxylation is 1. The zero-order chi connectivity index (χ0) is 21.4. The van der Waals surface area contributed by atoms with Gasteiger partial charge in [0.2, 0.25) is 0 Å². The third kappa shape index (κ3) is 3.59. The maximum atomic E-state index is 12.7. The van der Waals surface area contributed by atoms with E-state index in [1.165, 1.54) is 0 Å². The lowest BCUT2D eigenvalue weighted by Crippen LogP contribution is -2.22. The highest BCUT2D eigenvalue weighted by molar-refractivity contribution is 6.50. The maximum Gasteiger partial charge on any atom is 0.259 e. The van der Waals surface area contributed by atoms with Crippen molar-refractivity contribution in [2.24, 2.45) is 7.05 Å². The number of ether oxygens (including phenoxy) is 1. The van der Waals surface area contributed by atoms with E-state index in [1.807, 2.05) is 17.7 Å². The monoisotopic (exact) mass is 426 g/mol. The zero-order valence-electron chi connectivity index (χ0n) is 16.1. The quantitative estimate of drug-likeness (QED) is 0.524. The molecule has 4 rings (SSSR count). The largest absolute Gasteiger partial charge is 0.491 e. The fourth-order valence-electron chi connectivity index (χ4n) is 3.54. The van der Waals surface area contributed by atoms with Crippen LogP contribution in [0.2, 0.25) is 5.02 Å². The minimum absolute atomic E-state index is 0.0984. The number of benzene rings is 2. The number of nitrogens with zero attached hydrogens (tertiary/aromatic N) is 1. The van der Waals surface area contributed by atoms with Crippen LogP contribution in [0.3, 0.4) is 0 Å². The van der Waals surface area contributed by atoms with Gasteiger partial charge in [0.1, 0.15) is 18.5 Å². The summed E-state index contributed by atoms with van der Waals surface area (Å²) in [4.78, 5) is 25.4. The van der Waals surface area contributed by atoms with Gasteiger partial charge in [-0.1, -0.05) is 23.7 Å². The molecule has 1 atom stereocenters. The third-order valence-electron chi connectivity index (χ3n) is 4.93. The van der Waals surface area contributed by atoms with Gasteiger partial charge in [0.05, 0.1) is 17.8 Å². The standard InChI is InChI=1S/C22H19ClN2O5/c1-25-9-17(16-8-13(23)5-6-18(16)25)20-19(21(28)24-22(20)29)12-3-2-4-15(7-12)30-11-14(27)10-26/h2-9,14,26-27H,10-11H2,1H3,(H,24,28,29)/t14-/m1/s1. The summed E-state index contributed by atoms with van der Waals surface area (Å²) in [6.45, 7) is -0.519. The first kappa shape index (κ1) is 20.2. The molecular formula is C22H19ClN2O5. The summed E-state index contributed by atoms with van der Waals surface area (Å²) in [6, 6.07) is 12.1. The number of hydrogen-bond donors (Lipinski definition) is 3. The van der Waals surface area contributed by atoms with Crippen molar-refractivity contribution in [1.82, 2.24) is 9.88 Å². The van der Waals surface area contributed by atoms with Crippen LogP contribution >= 0.6 is 11.6 Å². The molecule has 0 radical (unpaired) electrons. The average Bonchev–Trinajstić information content (AvgIpc) is 3.20. The molecular weight excluding hydrogens is 408 g/mol. The molecule has 1 aliphatic rings. The van der Waals surface area contributed by atoms with Crippen molar-refractivity contribution in [1.29, 1.82) is 0 Å². The summed E-state index contributed by atoms with van der Waals surface area (Å²) in [6.07, 6.45) is 0.784. The van der Waals surface area contributed by atoms with E-state index in [2.05, 4.69) is 5.32 Å². The molecule has 0 bridgehead atoms. The Morgan fingerprint density at radius 2 is 1.90 bits per heavy atom. The molecule has 8 heteroatoms. The topological polar surface area (TPSA) is 101 Å². The van der Waals surface area contributed by atoms with Gasteiger partial charge >= 0.3 is 0 Å². The molecule has 0 fully saturated rings. The van der Waals surface area contributed by atoms with Crippen LogP contribution in [0.1, 0.15) is 11.1 Å². The van der Waals surface area contributed by atoms with Gasteiger partial charge in [-0.3, -0.25) is 14.9 Å². The van der Waals surface area contributed by atoms with Crippen molar-refractivity contribution in [3.05, 3.63) is 64.8 Å². The number of rotatable bonds is 6. The Kier molecular flexibility index (Phi) is 5.34. The summed E-state index contributed by atoms with van der Waals surface area (Å²) in [5, 5.41) is 22.1. The SMILES string of the molecule is Cn1cc(C2=C(c3cccc(OC[C@H](O)CO)c3)C(=O)NC2=O)c2cc(Cl)ccc21. The lowest BCUT2D eigenvalue weighted by molar-refractivity contribution is -0.122. The van der Waals surface area contributed by atoms with Crippen LogP contribution in [-0.4, -0.2) is 45.9 Å². The number of fused-ring (bicyclic) bond motifs is 1. The highest BCUT2D eigenvalue weighted by Gasteiger charge is 2.34. The lowest BCUT2D eigenvalue weighted by Gasteiger charge is -2.11. The summed E-state index contributed by atoms with van der Waals surface area (Å²) in [5.74, 6) is -0.578. The number of carbonyl (C=O) groups is 2. The molecule has 7 nitrogen and oxygen atoms in total. The smallest absolute Gasteiger partial charge is 0.259 e. The van der Waals surface area contributed by atoms with E-state index in [1.54, 1.807) is 42.6 Å². The first-order chi connectivity index (χ1) is 14.4. The number of amides is 2. The molecule has 0 aliphatic carbocycles. The Labute approximate surface area is 177 Å². The van der Waals surface area contributed by atoms with E-state index in [4.69, 9.17) is 21.4 Å². The Bertz CT molecular complexity index is 1200. The lowest BCUT2D eigenvalue weighted by atomic mass is 9.96. The second-order valence-electron chi connectivity index (χ2n) is 7.02. The molecule has 1 aliphatic heterocycles. The van der Waals surface area contributed by atoms with Crippen molar-refractivity contribution in [3.8, 4) is 5.75 Å². The molecule has 2 heterocycles. The average molecular weight is 427 g/mol. The molecule has 3 aromatic rings. The van der Waals surface area contributed by atoms with Gasteiger partial charge < -0.3 is 19.5 Å². The van der Waals surface area contributed by atoms with Crippen molar-refractivity contribution < 1.29 is 24.5 Å². The zero-order valence-corrected chi connectivity index (χ0v) is 16.8. The number of imide groups is 1. The van der Waals surface area contributed by atoms with Gasteiger partial charge in [-0.25, -0.2) is 0 Å². The van der Waals surface area contributed by atoms with Crippen LogP contribution < -0.4 is 10.1 Å². The van der Waals surface area contributed by atoms with Gasteiger partial charge in [-0.05, 0) is 35.9 Å². The number of nitrogens with one attached hydrogen (secondary N) is 1. The van der Waals surface area contributed by atoms with Crippen LogP contribution in [-0.2, 0) is 16.6 Å². The van der Waals surface area contributed by atoms with Gasteiger partial charge in [0, 0.05) is 34.7 Å². The summed E-state index contributed by atoms with van der Waals surface area (Å²) in [7, 11) is 1.86.